The Kier molecular flexibility index (Phi) is 5.33. The average molecular weight is 345 g/mol. The molecule has 0 unspecified atom stereocenters. The van der Waals surface area contributed by atoms with E-state index in [1.807, 2.05) is 0 Å². The molecular weight excluding hydrogens is 334 g/mol. The minimum Gasteiger partial charge on any atom is -0.397 e. The molecule has 0 aliphatic rings. The van der Waals surface area contributed by atoms with Crippen molar-refractivity contribution >= 4 is 52.2 Å². The fourth-order valence-electron chi connectivity index (χ4n) is 1.61. The molecule has 0 aromatic heterocycles. The van der Waals surface area contributed by atoms with Gasteiger partial charge in [0, 0.05) is 9.92 Å². The molecule has 2 rings (SSSR count). The van der Waals surface area contributed by atoms with Gasteiger partial charge in [0.15, 0.2) is 0 Å². The summed E-state index contributed by atoms with van der Waals surface area (Å²) in [4.78, 5) is 12.3. The largest absolute Gasteiger partial charge is 0.397 e. The molecule has 0 saturated carbocycles. The van der Waals surface area contributed by atoms with Gasteiger partial charge >= 0.3 is 0 Å². The summed E-state index contributed by atoms with van der Waals surface area (Å²) in [6, 6.07) is 9.22. The number of nitrogens with one attached hydrogen (secondary N) is 1. The van der Waals surface area contributed by atoms with E-state index in [4.69, 9.17) is 28.9 Å². The van der Waals surface area contributed by atoms with Crippen LogP contribution >= 0.6 is 35.0 Å². The van der Waals surface area contributed by atoms with E-state index in [0.29, 0.717) is 15.6 Å². The van der Waals surface area contributed by atoms with E-state index in [2.05, 4.69) is 5.32 Å². The molecule has 3 N–H and O–H groups in total. The van der Waals surface area contributed by atoms with Crippen LogP contribution in [0, 0.1) is 5.82 Å². The monoisotopic (exact) mass is 344 g/mol. The standard InChI is InChI=1S/C14H11Cl2FN2OS/c15-8-5-9(16)14(11(18)6-8)19-13(20)7-21-12-4-2-1-3-10(12)17/h1-6H,7,18H2,(H,19,20). The predicted molar refractivity (Wildman–Crippen MR) is 86.6 cm³/mol. The Morgan fingerprint density at radius 3 is 2.67 bits per heavy atom. The maximum atomic E-state index is 13.4. The molecule has 0 atom stereocenters. The zero-order chi connectivity index (χ0) is 15.4. The molecule has 0 radical (unpaired) electrons. The number of carbonyl (C=O) groups is 1. The lowest BCUT2D eigenvalue weighted by atomic mass is 10.2. The van der Waals surface area contributed by atoms with Crippen molar-refractivity contribution in [3.05, 3.63) is 52.3 Å². The third kappa shape index (κ3) is 4.27. The quantitative estimate of drug-likeness (QED) is 0.636. The summed E-state index contributed by atoms with van der Waals surface area (Å²) in [5.41, 5.74) is 6.33. The summed E-state index contributed by atoms with van der Waals surface area (Å²) >= 11 is 12.9. The summed E-state index contributed by atoms with van der Waals surface area (Å²) in [6.07, 6.45) is 0. The van der Waals surface area contributed by atoms with Crippen LogP contribution in [0.25, 0.3) is 0 Å². The fourth-order valence-corrected chi connectivity index (χ4v) is 2.90. The summed E-state index contributed by atoms with van der Waals surface area (Å²) in [7, 11) is 0. The first-order chi connectivity index (χ1) is 9.97. The highest BCUT2D eigenvalue weighted by atomic mass is 35.5. The minimum absolute atomic E-state index is 0.0410. The Morgan fingerprint density at radius 1 is 1.29 bits per heavy atom. The molecule has 0 spiro atoms. The normalized spacial score (nSPS) is 10.4. The van der Waals surface area contributed by atoms with Gasteiger partial charge in [-0.25, -0.2) is 4.39 Å². The lowest BCUT2D eigenvalue weighted by Crippen LogP contribution is -2.15. The van der Waals surface area contributed by atoms with Crippen molar-refractivity contribution in [2.45, 2.75) is 4.90 Å². The van der Waals surface area contributed by atoms with Crippen LogP contribution in [0.5, 0.6) is 0 Å². The lowest BCUT2D eigenvalue weighted by Gasteiger charge is -2.10. The van der Waals surface area contributed by atoms with Gasteiger partial charge < -0.3 is 11.1 Å². The minimum atomic E-state index is -0.362. The smallest absolute Gasteiger partial charge is 0.234 e. The average Bonchev–Trinajstić information content (AvgIpc) is 2.42. The fraction of sp³-hybridized carbons (Fsp3) is 0.0714. The predicted octanol–water partition coefficient (Wildman–Crippen LogP) is 4.45. The van der Waals surface area contributed by atoms with Gasteiger partial charge in [-0.2, -0.15) is 0 Å². The number of nitrogens with two attached hydrogens (primary N) is 1. The summed E-state index contributed by atoms with van der Waals surface area (Å²) in [5.74, 6) is -0.655. The molecule has 2 aromatic carbocycles. The van der Waals surface area contributed by atoms with E-state index in [1.54, 1.807) is 18.2 Å². The first kappa shape index (κ1) is 15.9. The Bertz CT molecular complexity index is 659. The first-order valence-corrected chi connectivity index (χ1v) is 7.63. The second-order valence-corrected chi connectivity index (χ2v) is 5.98. The van der Waals surface area contributed by atoms with Crippen molar-refractivity contribution in [1.29, 1.82) is 0 Å². The van der Waals surface area contributed by atoms with Gasteiger partial charge in [0.1, 0.15) is 5.82 Å². The van der Waals surface area contributed by atoms with Crippen molar-refractivity contribution in [1.82, 2.24) is 0 Å². The lowest BCUT2D eigenvalue weighted by molar-refractivity contribution is -0.113. The van der Waals surface area contributed by atoms with Crippen LogP contribution in [0.3, 0.4) is 0 Å². The second kappa shape index (κ2) is 7.02. The Hall–Kier alpha value is -1.43. The van der Waals surface area contributed by atoms with Gasteiger partial charge in [-0.15, -0.1) is 11.8 Å². The summed E-state index contributed by atoms with van der Waals surface area (Å²) < 4.78 is 13.4. The SMILES string of the molecule is Nc1cc(Cl)cc(Cl)c1NC(=O)CSc1ccccc1F. The van der Waals surface area contributed by atoms with Crippen LogP contribution < -0.4 is 11.1 Å². The van der Waals surface area contributed by atoms with E-state index < -0.39 is 0 Å². The van der Waals surface area contributed by atoms with Crippen molar-refractivity contribution in [2.75, 3.05) is 16.8 Å². The number of thioether (sulfide) groups is 1. The molecule has 1 amide bonds. The topological polar surface area (TPSA) is 55.1 Å². The number of carbonyl (C=O) groups excluding carboxylic acids is 1. The van der Waals surface area contributed by atoms with E-state index in [9.17, 15) is 9.18 Å². The molecule has 0 heterocycles. The molecule has 2 aromatic rings. The summed E-state index contributed by atoms with van der Waals surface area (Å²) in [5, 5.41) is 3.24. The van der Waals surface area contributed by atoms with Crippen LogP contribution in [0.15, 0.2) is 41.3 Å². The third-order valence-electron chi connectivity index (χ3n) is 2.55. The van der Waals surface area contributed by atoms with Gasteiger partial charge in [0.05, 0.1) is 22.2 Å². The maximum Gasteiger partial charge on any atom is 0.234 e. The summed E-state index contributed by atoms with van der Waals surface area (Å²) in [6.45, 7) is 0. The zero-order valence-electron chi connectivity index (χ0n) is 10.7. The van der Waals surface area contributed by atoms with E-state index >= 15 is 0 Å². The highest BCUT2D eigenvalue weighted by Gasteiger charge is 2.12. The second-order valence-electron chi connectivity index (χ2n) is 4.12. The first-order valence-electron chi connectivity index (χ1n) is 5.89. The van der Waals surface area contributed by atoms with Crippen molar-refractivity contribution in [2.24, 2.45) is 0 Å². The van der Waals surface area contributed by atoms with Crippen molar-refractivity contribution in [3.8, 4) is 0 Å². The molecule has 3 nitrogen and oxygen atoms in total. The van der Waals surface area contributed by atoms with E-state index in [0.717, 1.165) is 11.8 Å². The van der Waals surface area contributed by atoms with Crippen molar-refractivity contribution < 1.29 is 9.18 Å². The zero-order valence-corrected chi connectivity index (χ0v) is 13.0. The number of amides is 1. The highest BCUT2D eigenvalue weighted by Crippen LogP contribution is 2.32. The van der Waals surface area contributed by atoms with E-state index in [1.165, 1.54) is 18.2 Å². The van der Waals surface area contributed by atoms with Crippen LogP contribution in [0.4, 0.5) is 15.8 Å². The number of nitrogen functional groups attached to an aromatic ring is 1. The molecular formula is C14H11Cl2FN2OS. The number of anilines is 2. The van der Waals surface area contributed by atoms with Gasteiger partial charge in [0.2, 0.25) is 5.91 Å². The molecule has 0 aliphatic heterocycles. The number of halogens is 3. The number of hydrogen-bond acceptors (Lipinski definition) is 3. The van der Waals surface area contributed by atoms with Gasteiger partial charge in [-0.3, -0.25) is 4.79 Å². The van der Waals surface area contributed by atoms with Gasteiger partial charge in [-0.1, -0.05) is 35.3 Å². The molecule has 0 fully saturated rings. The molecule has 0 aliphatic carbocycles. The van der Waals surface area contributed by atoms with Crippen LogP contribution in [-0.4, -0.2) is 11.7 Å². The molecule has 110 valence electrons. The molecule has 0 saturated heterocycles. The maximum absolute atomic E-state index is 13.4. The van der Waals surface area contributed by atoms with Crippen LogP contribution in [-0.2, 0) is 4.79 Å². The van der Waals surface area contributed by atoms with Crippen molar-refractivity contribution in [3.63, 3.8) is 0 Å². The van der Waals surface area contributed by atoms with Crippen LogP contribution in [0.1, 0.15) is 0 Å². The number of benzene rings is 2. The highest BCUT2D eigenvalue weighted by molar-refractivity contribution is 8.00. The van der Waals surface area contributed by atoms with Gasteiger partial charge in [0.25, 0.3) is 0 Å². The third-order valence-corrected chi connectivity index (χ3v) is 4.11. The number of rotatable bonds is 4. The molecule has 0 bridgehead atoms. The molecule has 21 heavy (non-hydrogen) atoms. The van der Waals surface area contributed by atoms with Gasteiger partial charge in [-0.05, 0) is 24.3 Å². The Balaban J connectivity index is 2.01. The molecule has 7 heteroatoms. The Morgan fingerprint density at radius 2 is 2.00 bits per heavy atom. The van der Waals surface area contributed by atoms with Crippen LogP contribution in [0.2, 0.25) is 10.0 Å². The number of hydrogen-bond donors (Lipinski definition) is 2. The van der Waals surface area contributed by atoms with E-state index in [-0.39, 0.29) is 28.2 Å². The Labute approximate surface area is 135 Å².